The van der Waals surface area contributed by atoms with Crippen molar-refractivity contribution in [2.24, 2.45) is 0 Å². The third-order valence-electron chi connectivity index (χ3n) is 4.15. The maximum Gasteiger partial charge on any atom is 0.344 e. The summed E-state index contributed by atoms with van der Waals surface area (Å²) in [4.78, 5) is 24.5. The van der Waals surface area contributed by atoms with Crippen LogP contribution in [0.2, 0.25) is 0 Å². The van der Waals surface area contributed by atoms with E-state index in [1.54, 1.807) is 70.4 Å². The van der Waals surface area contributed by atoms with Crippen LogP contribution >= 0.6 is 0 Å². The van der Waals surface area contributed by atoms with Gasteiger partial charge in [-0.1, -0.05) is 0 Å². The standard InChI is InChI=1S/C23H24O7/c1-23(2,3)30-21(24)13-28-16-8-9-17-19(12-16)29-20(22(17)25)10-14-6-7-15(26-4)11-18(14)27-5/h6-12H,13H2,1-5H3/b20-10-. The van der Waals surface area contributed by atoms with Crippen molar-refractivity contribution in [1.82, 2.24) is 0 Å². The Morgan fingerprint density at radius 1 is 1.03 bits per heavy atom. The number of carbonyl (C=O) groups is 2. The van der Waals surface area contributed by atoms with E-state index < -0.39 is 11.6 Å². The first-order chi connectivity index (χ1) is 14.2. The molecule has 30 heavy (non-hydrogen) atoms. The van der Waals surface area contributed by atoms with E-state index in [-0.39, 0.29) is 18.1 Å². The lowest BCUT2D eigenvalue weighted by atomic mass is 10.1. The van der Waals surface area contributed by atoms with Gasteiger partial charge in [-0.3, -0.25) is 4.79 Å². The maximum atomic E-state index is 12.7. The Bertz CT molecular complexity index is 999. The van der Waals surface area contributed by atoms with E-state index in [1.807, 2.05) is 0 Å². The molecule has 3 rings (SSSR count). The highest BCUT2D eigenvalue weighted by Crippen LogP contribution is 2.36. The molecule has 158 valence electrons. The fourth-order valence-electron chi connectivity index (χ4n) is 2.85. The second-order valence-corrected chi connectivity index (χ2v) is 7.58. The summed E-state index contributed by atoms with van der Waals surface area (Å²) in [7, 11) is 3.10. The summed E-state index contributed by atoms with van der Waals surface area (Å²) in [5.74, 6) is 1.39. The monoisotopic (exact) mass is 412 g/mol. The number of hydrogen-bond acceptors (Lipinski definition) is 7. The lowest BCUT2D eigenvalue weighted by Gasteiger charge is -2.19. The third kappa shape index (κ3) is 4.92. The zero-order valence-electron chi connectivity index (χ0n) is 17.6. The van der Waals surface area contributed by atoms with Crippen LogP contribution in [0.3, 0.4) is 0 Å². The van der Waals surface area contributed by atoms with Crippen molar-refractivity contribution in [3.05, 3.63) is 53.3 Å². The van der Waals surface area contributed by atoms with Crippen LogP contribution in [0.5, 0.6) is 23.0 Å². The molecule has 0 N–H and O–H groups in total. The quantitative estimate of drug-likeness (QED) is 0.523. The molecule has 0 bridgehead atoms. The van der Waals surface area contributed by atoms with Crippen LogP contribution in [-0.2, 0) is 9.53 Å². The Balaban J connectivity index is 1.75. The first-order valence-corrected chi connectivity index (χ1v) is 9.35. The number of allylic oxidation sites excluding steroid dienone is 1. The first kappa shape index (κ1) is 21.2. The van der Waals surface area contributed by atoms with Crippen molar-refractivity contribution in [2.75, 3.05) is 20.8 Å². The van der Waals surface area contributed by atoms with Crippen LogP contribution in [0.15, 0.2) is 42.2 Å². The normalized spacial score (nSPS) is 14.2. The molecule has 7 nitrogen and oxygen atoms in total. The summed E-state index contributed by atoms with van der Waals surface area (Å²) in [5, 5.41) is 0. The predicted molar refractivity (Wildman–Crippen MR) is 110 cm³/mol. The average molecular weight is 412 g/mol. The molecule has 0 saturated carbocycles. The van der Waals surface area contributed by atoms with Gasteiger partial charge in [-0.2, -0.15) is 0 Å². The zero-order chi connectivity index (χ0) is 21.9. The van der Waals surface area contributed by atoms with E-state index in [4.69, 9.17) is 23.7 Å². The molecule has 0 amide bonds. The number of carbonyl (C=O) groups excluding carboxylic acids is 2. The van der Waals surface area contributed by atoms with Gasteiger partial charge in [0.05, 0.1) is 19.8 Å². The number of benzene rings is 2. The molecule has 1 heterocycles. The lowest BCUT2D eigenvalue weighted by molar-refractivity contribution is -0.157. The summed E-state index contributed by atoms with van der Waals surface area (Å²) >= 11 is 0. The number of hydrogen-bond donors (Lipinski definition) is 0. The molecule has 0 unspecified atom stereocenters. The van der Waals surface area contributed by atoms with Gasteiger partial charge < -0.3 is 23.7 Å². The van der Waals surface area contributed by atoms with Gasteiger partial charge in [0.15, 0.2) is 12.4 Å². The molecule has 2 aromatic carbocycles. The smallest absolute Gasteiger partial charge is 0.344 e. The van der Waals surface area contributed by atoms with Gasteiger partial charge in [0, 0.05) is 17.7 Å². The molecule has 0 saturated heterocycles. The molecule has 0 aliphatic carbocycles. The number of methoxy groups -OCH3 is 2. The Labute approximate surface area is 175 Å². The fraction of sp³-hybridized carbons (Fsp3) is 0.304. The van der Waals surface area contributed by atoms with E-state index in [0.29, 0.717) is 34.1 Å². The van der Waals surface area contributed by atoms with Crippen molar-refractivity contribution in [3.8, 4) is 23.0 Å². The highest BCUT2D eigenvalue weighted by atomic mass is 16.6. The number of esters is 1. The van der Waals surface area contributed by atoms with Gasteiger partial charge >= 0.3 is 5.97 Å². The van der Waals surface area contributed by atoms with Crippen LogP contribution in [0.4, 0.5) is 0 Å². The van der Waals surface area contributed by atoms with Crippen LogP contribution in [0, 0.1) is 0 Å². The van der Waals surface area contributed by atoms with E-state index >= 15 is 0 Å². The molecule has 0 radical (unpaired) electrons. The maximum absolute atomic E-state index is 12.7. The Hall–Kier alpha value is -3.48. The second-order valence-electron chi connectivity index (χ2n) is 7.58. The van der Waals surface area contributed by atoms with Gasteiger partial charge in [0.25, 0.3) is 0 Å². The van der Waals surface area contributed by atoms with Gasteiger partial charge in [-0.15, -0.1) is 0 Å². The van der Waals surface area contributed by atoms with Crippen molar-refractivity contribution in [2.45, 2.75) is 26.4 Å². The largest absolute Gasteiger partial charge is 0.497 e. The van der Waals surface area contributed by atoms with Gasteiger partial charge in [0.2, 0.25) is 5.78 Å². The van der Waals surface area contributed by atoms with E-state index in [0.717, 1.165) is 0 Å². The second kappa shape index (κ2) is 8.49. The van der Waals surface area contributed by atoms with E-state index in [1.165, 1.54) is 7.11 Å². The molecule has 0 spiro atoms. The third-order valence-corrected chi connectivity index (χ3v) is 4.15. The highest BCUT2D eigenvalue weighted by molar-refractivity contribution is 6.14. The predicted octanol–water partition coefficient (Wildman–Crippen LogP) is 4.04. The average Bonchev–Trinajstić information content (AvgIpc) is 3.00. The minimum Gasteiger partial charge on any atom is -0.497 e. The van der Waals surface area contributed by atoms with Crippen LogP contribution in [0.1, 0.15) is 36.7 Å². The SMILES string of the molecule is COc1ccc(/C=C2\Oc3cc(OCC(=O)OC(C)(C)C)ccc3C2=O)c(OC)c1. The van der Waals surface area contributed by atoms with Gasteiger partial charge in [-0.05, 0) is 51.1 Å². The molecule has 0 aromatic heterocycles. The van der Waals surface area contributed by atoms with Crippen LogP contribution in [-0.4, -0.2) is 38.2 Å². The molecule has 0 fully saturated rings. The van der Waals surface area contributed by atoms with Gasteiger partial charge in [0.1, 0.15) is 28.6 Å². The van der Waals surface area contributed by atoms with Crippen LogP contribution < -0.4 is 18.9 Å². The Morgan fingerprint density at radius 3 is 2.43 bits per heavy atom. The molecule has 2 aromatic rings. The summed E-state index contributed by atoms with van der Waals surface area (Å²) in [6.07, 6.45) is 1.61. The van der Waals surface area contributed by atoms with Crippen molar-refractivity contribution < 1.29 is 33.3 Å². The summed E-state index contributed by atoms with van der Waals surface area (Å²) < 4.78 is 27.0. The summed E-state index contributed by atoms with van der Waals surface area (Å²) in [6.45, 7) is 5.11. The van der Waals surface area contributed by atoms with E-state index in [9.17, 15) is 9.59 Å². The fourth-order valence-corrected chi connectivity index (χ4v) is 2.85. The Morgan fingerprint density at radius 2 is 1.77 bits per heavy atom. The highest BCUT2D eigenvalue weighted by Gasteiger charge is 2.28. The van der Waals surface area contributed by atoms with Crippen molar-refractivity contribution in [3.63, 3.8) is 0 Å². The molecule has 1 aliphatic heterocycles. The summed E-state index contributed by atoms with van der Waals surface area (Å²) in [5.41, 5.74) is 0.505. The summed E-state index contributed by atoms with van der Waals surface area (Å²) in [6, 6.07) is 10.1. The number of fused-ring (bicyclic) bond motifs is 1. The van der Waals surface area contributed by atoms with E-state index in [2.05, 4.69) is 0 Å². The molecular weight excluding hydrogens is 388 g/mol. The van der Waals surface area contributed by atoms with Crippen molar-refractivity contribution >= 4 is 17.8 Å². The molecular formula is C23H24O7. The minimum atomic E-state index is -0.587. The first-order valence-electron chi connectivity index (χ1n) is 9.35. The molecule has 7 heteroatoms. The Kier molecular flexibility index (Phi) is 6.01. The number of ether oxygens (including phenoxy) is 5. The minimum absolute atomic E-state index is 0.165. The number of Topliss-reactive ketones (excluding diaryl/α,β-unsaturated/α-hetero) is 1. The van der Waals surface area contributed by atoms with Gasteiger partial charge in [-0.25, -0.2) is 4.79 Å². The number of ketones is 1. The molecule has 0 atom stereocenters. The topological polar surface area (TPSA) is 80.3 Å². The molecule has 1 aliphatic rings. The lowest BCUT2D eigenvalue weighted by Crippen LogP contribution is -2.27. The zero-order valence-corrected chi connectivity index (χ0v) is 17.6. The van der Waals surface area contributed by atoms with Crippen LogP contribution in [0.25, 0.3) is 6.08 Å². The number of rotatable bonds is 6. The van der Waals surface area contributed by atoms with Crippen molar-refractivity contribution in [1.29, 1.82) is 0 Å².